The molecular weight excluding hydrogens is 334 g/mol. The second-order valence-electron chi connectivity index (χ2n) is 6.62. The second-order valence-corrected chi connectivity index (χ2v) is 6.62. The van der Waals surface area contributed by atoms with Crippen LogP contribution in [0.4, 0.5) is 0 Å². The number of hydrogen-bond donors (Lipinski definition) is 2. The molecule has 2 N–H and O–H groups in total. The van der Waals surface area contributed by atoms with Crippen molar-refractivity contribution in [2.45, 2.75) is 32.4 Å². The quantitative estimate of drug-likeness (QED) is 0.840. The first-order valence-corrected chi connectivity index (χ1v) is 8.75. The molecule has 1 aromatic heterocycles. The highest BCUT2D eigenvalue weighted by Gasteiger charge is 2.24. The maximum atomic E-state index is 12.8. The van der Waals surface area contributed by atoms with Crippen LogP contribution in [0.25, 0.3) is 0 Å². The molecule has 0 aliphatic carbocycles. The van der Waals surface area contributed by atoms with Gasteiger partial charge in [0, 0.05) is 13.6 Å². The number of amides is 1. The Kier molecular flexibility index (Phi) is 5.41. The highest BCUT2D eigenvalue weighted by atomic mass is 16.5. The Bertz CT molecular complexity index is 783. The minimum absolute atomic E-state index is 0.0750. The van der Waals surface area contributed by atoms with Crippen molar-refractivity contribution < 1.29 is 14.6 Å². The Labute approximate surface area is 152 Å². The molecule has 2 aromatic rings. The van der Waals surface area contributed by atoms with E-state index in [1.165, 1.54) is 7.11 Å². The first-order chi connectivity index (χ1) is 12.5. The standard InChI is InChI=1S/C18H25N5O3/c1-12-17(20-21-23(12)14-6-8-19-9-7-14)18(25)22(2)11-13-4-5-15(24)16(10-13)26-3/h4-5,10,14,19,24H,6-9,11H2,1-3H3. The summed E-state index contributed by atoms with van der Waals surface area (Å²) in [7, 11) is 3.22. The Morgan fingerprint density at radius 3 is 2.85 bits per heavy atom. The number of methoxy groups -OCH3 is 1. The van der Waals surface area contributed by atoms with Crippen molar-refractivity contribution in [2.24, 2.45) is 0 Å². The summed E-state index contributed by atoms with van der Waals surface area (Å²) >= 11 is 0. The van der Waals surface area contributed by atoms with Gasteiger partial charge in [-0.2, -0.15) is 0 Å². The van der Waals surface area contributed by atoms with Crippen LogP contribution in [0.1, 0.15) is 40.6 Å². The number of benzene rings is 1. The van der Waals surface area contributed by atoms with E-state index in [-0.39, 0.29) is 17.7 Å². The van der Waals surface area contributed by atoms with E-state index in [1.807, 2.05) is 11.6 Å². The number of rotatable bonds is 5. The fourth-order valence-electron chi connectivity index (χ4n) is 3.28. The summed E-state index contributed by atoms with van der Waals surface area (Å²) in [6.45, 7) is 4.19. The summed E-state index contributed by atoms with van der Waals surface area (Å²) in [5.74, 6) is 0.289. The molecule has 0 unspecified atom stereocenters. The molecule has 1 aliphatic heterocycles. The van der Waals surface area contributed by atoms with E-state index < -0.39 is 0 Å². The van der Waals surface area contributed by atoms with Crippen LogP contribution in [0.15, 0.2) is 18.2 Å². The topological polar surface area (TPSA) is 92.5 Å². The molecule has 2 heterocycles. The highest BCUT2D eigenvalue weighted by molar-refractivity contribution is 5.93. The van der Waals surface area contributed by atoms with Gasteiger partial charge in [-0.1, -0.05) is 11.3 Å². The van der Waals surface area contributed by atoms with Crippen molar-refractivity contribution in [1.29, 1.82) is 0 Å². The molecule has 1 aliphatic rings. The fraction of sp³-hybridized carbons (Fsp3) is 0.500. The summed E-state index contributed by atoms with van der Waals surface area (Å²) in [5, 5.41) is 21.4. The molecule has 0 atom stereocenters. The largest absolute Gasteiger partial charge is 0.504 e. The number of ether oxygens (including phenoxy) is 1. The predicted octanol–water partition coefficient (Wildman–Crippen LogP) is 1.50. The lowest BCUT2D eigenvalue weighted by atomic mass is 10.1. The zero-order chi connectivity index (χ0) is 18.7. The van der Waals surface area contributed by atoms with E-state index in [9.17, 15) is 9.90 Å². The van der Waals surface area contributed by atoms with Crippen LogP contribution in [0.2, 0.25) is 0 Å². The predicted molar refractivity (Wildman–Crippen MR) is 96.4 cm³/mol. The number of hydrogen-bond acceptors (Lipinski definition) is 6. The van der Waals surface area contributed by atoms with Gasteiger partial charge in [0.1, 0.15) is 0 Å². The van der Waals surface area contributed by atoms with Gasteiger partial charge in [0.05, 0.1) is 18.8 Å². The smallest absolute Gasteiger partial charge is 0.276 e. The molecule has 1 saturated heterocycles. The van der Waals surface area contributed by atoms with E-state index in [1.54, 1.807) is 30.1 Å². The summed E-state index contributed by atoms with van der Waals surface area (Å²) < 4.78 is 7.00. The van der Waals surface area contributed by atoms with Gasteiger partial charge >= 0.3 is 0 Å². The van der Waals surface area contributed by atoms with E-state index in [4.69, 9.17) is 4.74 Å². The maximum absolute atomic E-state index is 12.8. The van der Waals surface area contributed by atoms with Crippen LogP contribution in [0.3, 0.4) is 0 Å². The maximum Gasteiger partial charge on any atom is 0.276 e. The number of phenols is 1. The third-order valence-electron chi connectivity index (χ3n) is 4.80. The average molecular weight is 359 g/mol. The Hall–Kier alpha value is -2.61. The Morgan fingerprint density at radius 2 is 2.15 bits per heavy atom. The SMILES string of the molecule is COc1cc(CN(C)C(=O)c2nnn(C3CCNCC3)c2C)ccc1O. The monoisotopic (exact) mass is 359 g/mol. The number of phenolic OH excluding ortho intramolecular Hbond substituents is 1. The fourth-order valence-corrected chi connectivity index (χ4v) is 3.28. The number of nitrogens with zero attached hydrogens (tertiary/aromatic N) is 4. The molecule has 26 heavy (non-hydrogen) atoms. The molecule has 1 aromatic carbocycles. The molecule has 0 saturated carbocycles. The van der Waals surface area contributed by atoms with Crippen LogP contribution in [-0.4, -0.2) is 58.2 Å². The molecule has 1 amide bonds. The van der Waals surface area contributed by atoms with Crippen molar-refractivity contribution in [3.05, 3.63) is 35.2 Å². The lowest BCUT2D eigenvalue weighted by molar-refractivity contribution is 0.0778. The second kappa shape index (κ2) is 7.74. The van der Waals surface area contributed by atoms with Gasteiger partial charge in [-0.25, -0.2) is 4.68 Å². The highest BCUT2D eigenvalue weighted by Crippen LogP contribution is 2.27. The number of carbonyl (C=O) groups is 1. The van der Waals surface area contributed by atoms with Gasteiger partial charge < -0.3 is 20.1 Å². The number of piperidine rings is 1. The van der Waals surface area contributed by atoms with Gasteiger partial charge in [-0.15, -0.1) is 5.10 Å². The van der Waals surface area contributed by atoms with Crippen LogP contribution in [0, 0.1) is 6.92 Å². The average Bonchev–Trinajstić information content (AvgIpc) is 3.04. The number of aromatic nitrogens is 3. The van der Waals surface area contributed by atoms with Crippen molar-refractivity contribution in [1.82, 2.24) is 25.2 Å². The lowest BCUT2D eigenvalue weighted by Gasteiger charge is -2.23. The third kappa shape index (κ3) is 3.65. The van der Waals surface area contributed by atoms with Crippen molar-refractivity contribution in [3.8, 4) is 11.5 Å². The van der Waals surface area contributed by atoms with E-state index >= 15 is 0 Å². The van der Waals surface area contributed by atoms with Crippen LogP contribution in [0.5, 0.6) is 11.5 Å². The van der Waals surface area contributed by atoms with Crippen LogP contribution in [-0.2, 0) is 6.54 Å². The van der Waals surface area contributed by atoms with Crippen LogP contribution < -0.4 is 10.1 Å². The Balaban J connectivity index is 1.73. The molecule has 140 valence electrons. The normalized spacial score (nSPS) is 15.0. The lowest BCUT2D eigenvalue weighted by Crippen LogP contribution is -2.30. The summed E-state index contributed by atoms with van der Waals surface area (Å²) in [4.78, 5) is 14.4. The Morgan fingerprint density at radius 1 is 1.42 bits per heavy atom. The van der Waals surface area contributed by atoms with Crippen molar-refractivity contribution >= 4 is 5.91 Å². The third-order valence-corrected chi connectivity index (χ3v) is 4.80. The zero-order valence-corrected chi connectivity index (χ0v) is 15.4. The summed E-state index contributed by atoms with van der Waals surface area (Å²) in [6.07, 6.45) is 1.97. The summed E-state index contributed by atoms with van der Waals surface area (Å²) in [5.41, 5.74) is 2.05. The molecule has 3 rings (SSSR count). The van der Waals surface area contributed by atoms with E-state index in [2.05, 4.69) is 15.6 Å². The molecule has 8 heteroatoms. The van der Waals surface area contributed by atoms with Gasteiger partial charge in [-0.3, -0.25) is 4.79 Å². The molecule has 0 spiro atoms. The number of aromatic hydroxyl groups is 1. The van der Waals surface area contributed by atoms with Gasteiger partial charge in [-0.05, 0) is 50.6 Å². The van der Waals surface area contributed by atoms with E-state index in [0.29, 0.717) is 18.0 Å². The summed E-state index contributed by atoms with van der Waals surface area (Å²) in [6, 6.07) is 5.33. The molecular formula is C18H25N5O3. The first-order valence-electron chi connectivity index (χ1n) is 8.75. The number of carbonyl (C=O) groups excluding carboxylic acids is 1. The number of nitrogens with one attached hydrogen (secondary N) is 1. The van der Waals surface area contributed by atoms with Gasteiger partial charge in [0.25, 0.3) is 5.91 Å². The van der Waals surface area contributed by atoms with E-state index in [0.717, 1.165) is 37.2 Å². The molecule has 1 fully saturated rings. The minimum atomic E-state index is -0.172. The van der Waals surface area contributed by atoms with Gasteiger partial charge in [0.2, 0.25) is 0 Å². The molecule has 8 nitrogen and oxygen atoms in total. The van der Waals surface area contributed by atoms with Crippen LogP contribution >= 0.6 is 0 Å². The van der Waals surface area contributed by atoms with Crippen molar-refractivity contribution in [3.63, 3.8) is 0 Å². The van der Waals surface area contributed by atoms with Crippen molar-refractivity contribution in [2.75, 3.05) is 27.2 Å². The first kappa shape index (κ1) is 18.2. The molecule has 0 radical (unpaired) electrons. The zero-order valence-electron chi connectivity index (χ0n) is 15.4. The minimum Gasteiger partial charge on any atom is -0.504 e. The molecule has 0 bridgehead atoms. The van der Waals surface area contributed by atoms with Gasteiger partial charge in [0.15, 0.2) is 17.2 Å².